The van der Waals surface area contributed by atoms with Gasteiger partial charge >= 0.3 is 0 Å². The van der Waals surface area contributed by atoms with Crippen molar-refractivity contribution in [3.63, 3.8) is 0 Å². The van der Waals surface area contributed by atoms with Gasteiger partial charge in [-0.1, -0.05) is 24.3 Å². The van der Waals surface area contributed by atoms with Crippen LogP contribution in [-0.4, -0.2) is 28.9 Å². The lowest BCUT2D eigenvalue weighted by molar-refractivity contribution is -0.394. The third-order valence-corrected chi connectivity index (χ3v) is 4.13. The summed E-state index contributed by atoms with van der Waals surface area (Å²) < 4.78 is 5.68. The van der Waals surface area contributed by atoms with Crippen LogP contribution in [0.15, 0.2) is 42.5 Å². The number of fused-ring (bicyclic) bond motifs is 1. The fourth-order valence-electron chi connectivity index (χ4n) is 2.87. The second-order valence-corrected chi connectivity index (χ2v) is 5.77. The Morgan fingerprint density at radius 1 is 1.12 bits per heavy atom. The van der Waals surface area contributed by atoms with Crippen LogP contribution in [0.1, 0.15) is 27.6 Å². The number of nitro benzene ring substituents is 2. The molecular weight excluding hydrogens is 342 g/mol. The summed E-state index contributed by atoms with van der Waals surface area (Å²) >= 11 is 0. The Bertz CT molecular complexity index is 850. The molecule has 2 aromatic carbocycles. The lowest BCUT2D eigenvalue weighted by Gasteiger charge is -2.26. The quantitative estimate of drug-likeness (QED) is 0.647. The third-order valence-electron chi connectivity index (χ3n) is 4.13. The predicted molar refractivity (Wildman–Crippen MR) is 90.9 cm³/mol. The van der Waals surface area contributed by atoms with Crippen LogP contribution >= 0.6 is 0 Å². The monoisotopic (exact) mass is 357 g/mol. The van der Waals surface area contributed by atoms with Crippen LogP contribution in [0.5, 0.6) is 0 Å². The van der Waals surface area contributed by atoms with Crippen LogP contribution in [-0.2, 0) is 11.2 Å². The zero-order valence-electron chi connectivity index (χ0n) is 13.6. The summed E-state index contributed by atoms with van der Waals surface area (Å²) in [4.78, 5) is 32.6. The second kappa shape index (κ2) is 7.28. The number of nitrogens with zero attached hydrogens (tertiary/aromatic N) is 2. The number of hydrogen-bond donors (Lipinski definition) is 1. The van der Waals surface area contributed by atoms with E-state index in [4.69, 9.17) is 4.74 Å². The minimum atomic E-state index is -0.774. The van der Waals surface area contributed by atoms with Gasteiger partial charge in [0.05, 0.1) is 28.1 Å². The molecule has 0 bridgehead atoms. The molecule has 9 nitrogen and oxygen atoms in total. The number of hydrogen-bond acceptors (Lipinski definition) is 6. The van der Waals surface area contributed by atoms with Crippen molar-refractivity contribution in [3.8, 4) is 0 Å². The molecule has 0 saturated heterocycles. The average molecular weight is 357 g/mol. The van der Waals surface area contributed by atoms with Crippen LogP contribution in [0.2, 0.25) is 0 Å². The Kier molecular flexibility index (Phi) is 4.90. The van der Waals surface area contributed by atoms with Gasteiger partial charge in [-0.2, -0.15) is 0 Å². The van der Waals surface area contributed by atoms with Crippen LogP contribution in [0.4, 0.5) is 11.4 Å². The molecule has 1 aliphatic rings. The number of amides is 1. The highest BCUT2D eigenvalue weighted by Gasteiger charge is 2.23. The van der Waals surface area contributed by atoms with Crippen molar-refractivity contribution in [1.29, 1.82) is 0 Å². The standard InChI is InChI=1S/C17H15N3O6/c21-17(12-7-13(19(22)23)9-14(8-12)20(24)25)18-10-16-15-4-2-1-3-11(15)5-6-26-16/h1-4,7-9,16H,5-6,10H2,(H,18,21). The minimum Gasteiger partial charge on any atom is -0.371 e. The van der Waals surface area contributed by atoms with Crippen LogP contribution in [0.3, 0.4) is 0 Å². The minimum absolute atomic E-state index is 0.144. The van der Waals surface area contributed by atoms with Crippen molar-refractivity contribution in [2.24, 2.45) is 0 Å². The first-order valence-electron chi connectivity index (χ1n) is 7.87. The van der Waals surface area contributed by atoms with E-state index >= 15 is 0 Å². The van der Waals surface area contributed by atoms with E-state index in [1.807, 2.05) is 24.3 Å². The maximum atomic E-state index is 12.3. The summed E-state index contributed by atoms with van der Waals surface area (Å²) in [5.74, 6) is -0.636. The van der Waals surface area contributed by atoms with Crippen molar-refractivity contribution in [3.05, 3.63) is 79.4 Å². The van der Waals surface area contributed by atoms with Gasteiger partial charge in [0.25, 0.3) is 17.3 Å². The molecule has 0 aliphatic carbocycles. The highest BCUT2D eigenvalue weighted by molar-refractivity contribution is 5.95. The van der Waals surface area contributed by atoms with E-state index in [1.165, 1.54) is 0 Å². The molecule has 1 amide bonds. The van der Waals surface area contributed by atoms with Gasteiger partial charge < -0.3 is 10.1 Å². The molecule has 134 valence electrons. The largest absolute Gasteiger partial charge is 0.371 e. The third kappa shape index (κ3) is 3.67. The Morgan fingerprint density at radius 3 is 2.42 bits per heavy atom. The molecule has 1 heterocycles. The number of carbonyl (C=O) groups excluding carboxylic acids is 1. The molecule has 0 fully saturated rings. The molecule has 1 atom stereocenters. The lowest BCUT2D eigenvalue weighted by Crippen LogP contribution is -2.31. The van der Waals surface area contributed by atoms with Crippen LogP contribution in [0.25, 0.3) is 0 Å². The van der Waals surface area contributed by atoms with E-state index in [0.29, 0.717) is 6.61 Å². The average Bonchev–Trinajstić information content (AvgIpc) is 2.65. The number of ether oxygens (including phenoxy) is 1. The first-order valence-corrected chi connectivity index (χ1v) is 7.87. The molecule has 2 aromatic rings. The summed E-state index contributed by atoms with van der Waals surface area (Å²) in [5.41, 5.74) is 0.954. The summed E-state index contributed by atoms with van der Waals surface area (Å²) in [7, 11) is 0. The van der Waals surface area contributed by atoms with E-state index < -0.39 is 27.1 Å². The molecule has 1 aliphatic heterocycles. The molecule has 0 aromatic heterocycles. The first-order chi connectivity index (χ1) is 12.5. The summed E-state index contributed by atoms with van der Waals surface area (Å²) in [6, 6.07) is 10.6. The Labute approximate surface area is 147 Å². The molecule has 1 unspecified atom stereocenters. The maximum absolute atomic E-state index is 12.3. The van der Waals surface area contributed by atoms with Gasteiger partial charge in [0, 0.05) is 18.7 Å². The number of nitrogens with one attached hydrogen (secondary N) is 1. The van der Waals surface area contributed by atoms with E-state index in [0.717, 1.165) is 35.7 Å². The Morgan fingerprint density at radius 2 is 1.77 bits per heavy atom. The zero-order chi connectivity index (χ0) is 18.7. The van der Waals surface area contributed by atoms with Gasteiger partial charge in [0.1, 0.15) is 6.10 Å². The van der Waals surface area contributed by atoms with Gasteiger partial charge in [-0.25, -0.2) is 0 Å². The summed E-state index contributed by atoms with van der Waals surface area (Å²) in [5, 5.41) is 24.5. The first kappa shape index (κ1) is 17.5. The highest BCUT2D eigenvalue weighted by atomic mass is 16.6. The maximum Gasteiger partial charge on any atom is 0.277 e. The number of non-ortho nitro benzene ring substituents is 2. The van der Waals surface area contributed by atoms with Crippen LogP contribution in [0, 0.1) is 20.2 Å². The lowest BCUT2D eigenvalue weighted by atomic mass is 9.97. The van der Waals surface area contributed by atoms with Gasteiger partial charge in [-0.15, -0.1) is 0 Å². The predicted octanol–water partition coefficient (Wildman–Crippen LogP) is 2.55. The SMILES string of the molecule is O=C(NCC1OCCc2ccccc21)c1cc([N+](=O)[O-])cc([N+](=O)[O-])c1. The zero-order valence-corrected chi connectivity index (χ0v) is 13.6. The number of carbonyl (C=O) groups is 1. The van der Waals surface area contributed by atoms with E-state index in [-0.39, 0.29) is 18.2 Å². The van der Waals surface area contributed by atoms with Gasteiger partial charge in [-0.05, 0) is 17.5 Å². The molecule has 26 heavy (non-hydrogen) atoms. The molecule has 0 radical (unpaired) electrons. The highest BCUT2D eigenvalue weighted by Crippen LogP contribution is 2.27. The van der Waals surface area contributed by atoms with Crippen LogP contribution < -0.4 is 5.32 Å². The molecule has 9 heteroatoms. The second-order valence-electron chi connectivity index (χ2n) is 5.77. The van der Waals surface area contributed by atoms with Gasteiger partial charge in [0.15, 0.2) is 0 Å². The summed E-state index contributed by atoms with van der Waals surface area (Å²) in [6.07, 6.45) is 0.454. The normalized spacial score (nSPS) is 15.8. The molecular formula is C17H15N3O6. The van der Waals surface area contributed by atoms with Crippen molar-refractivity contribution in [1.82, 2.24) is 5.32 Å². The van der Waals surface area contributed by atoms with Crippen molar-refractivity contribution < 1.29 is 19.4 Å². The Hall–Kier alpha value is -3.33. The van der Waals surface area contributed by atoms with Crippen molar-refractivity contribution in [2.45, 2.75) is 12.5 Å². The number of benzene rings is 2. The van der Waals surface area contributed by atoms with Gasteiger partial charge in [0.2, 0.25) is 0 Å². The van der Waals surface area contributed by atoms with Gasteiger partial charge in [-0.3, -0.25) is 25.0 Å². The summed E-state index contributed by atoms with van der Waals surface area (Å²) in [6.45, 7) is 0.687. The molecule has 0 saturated carbocycles. The van der Waals surface area contributed by atoms with E-state index in [9.17, 15) is 25.0 Å². The Balaban J connectivity index is 1.77. The number of rotatable bonds is 5. The number of nitro groups is 2. The fourth-order valence-corrected chi connectivity index (χ4v) is 2.87. The van der Waals surface area contributed by atoms with E-state index in [1.54, 1.807) is 0 Å². The smallest absolute Gasteiger partial charge is 0.277 e. The molecule has 1 N–H and O–H groups in total. The fraction of sp³-hybridized carbons (Fsp3) is 0.235. The molecule has 0 spiro atoms. The topological polar surface area (TPSA) is 125 Å². The van der Waals surface area contributed by atoms with E-state index in [2.05, 4.69) is 5.32 Å². The van der Waals surface area contributed by atoms with Crippen molar-refractivity contribution in [2.75, 3.05) is 13.2 Å². The molecule has 3 rings (SSSR count). The van der Waals surface area contributed by atoms with Crippen molar-refractivity contribution >= 4 is 17.3 Å².